The number of aliphatic hydroxyl groups excluding tert-OH is 1. The van der Waals surface area contributed by atoms with Gasteiger partial charge in [-0.05, 0) is 23.1 Å². The molecular weight excluding hydrogens is 553 g/mol. The Morgan fingerprint density at radius 1 is 1.00 bits per heavy atom. The normalized spacial score (nSPS) is 12.9. The minimum atomic E-state index is -0.583. The second-order valence-electron chi connectivity index (χ2n) is 7.95. The van der Waals surface area contributed by atoms with E-state index in [0.717, 1.165) is 5.69 Å². The number of para-hydroxylation sites is 2. The second-order valence-corrected chi connectivity index (χ2v) is 7.95. The van der Waals surface area contributed by atoms with Crippen LogP contribution in [0.4, 0.5) is 0 Å². The molecule has 1 aromatic heterocycles. The molecule has 5 rings (SSSR count). The van der Waals surface area contributed by atoms with Crippen LogP contribution in [0.2, 0.25) is 0 Å². The van der Waals surface area contributed by atoms with Crippen molar-refractivity contribution in [2.45, 2.75) is 26.2 Å². The number of benzene rings is 3. The summed E-state index contributed by atoms with van der Waals surface area (Å²) < 4.78 is 4.39. The van der Waals surface area contributed by atoms with Gasteiger partial charge in [-0.25, -0.2) is 9.13 Å². The topological polar surface area (TPSA) is 51.5 Å². The Morgan fingerprint density at radius 2 is 1.60 bits per heavy atom. The number of aryl methyl sites for hydroxylation is 1. The number of aromatic nitrogens is 2. The summed E-state index contributed by atoms with van der Waals surface area (Å²) in [5, 5.41) is 7.53. The number of aliphatic carboxylic acids is 1. The molecular formula is C25H25IrN2O2+. The van der Waals surface area contributed by atoms with Gasteiger partial charge < -0.3 is 9.90 Å². The van der Waals surface area contributed by atoms with Crippen LogP contribution in [0.15, 0.2) is 67.0 Å². The molecule has 1 aliphatic carbocycles. The zero-order chi connectivity index (χ0) is 20.8. The van der Waals surface area contributed by atoms with E-state index < -0.39 is 5.97 Å². The molecule has 0 amide bonds. The third-order valence-corrected chi connectivity index (χ3v) is 5.57. The van der Waals surface area contributed by atoms with E-state index in [1.165, 1.54) is 40.2 Å². The van der Waals surface area contributed by atoms with Crippen molar-refractivity contribution in [3.63, 3.8) is 0 Å². The van der Waals surface area contributed by atoms with E-state index in [1.54, 1.807) is 0 Å². The second kappa shape index (κ2) is 8.17. The van der Waals surface area contributed by atoms with Gasteiger partial charge in [-0.2, -0.15) is 6.07 Å². The molecule has 2 N–H and O–H groups in total. The molecule has 5 heteroatoms. The zero-order valence-electron chi connectivity index (χ0n) is 17.5. The number of hydrogen-bond donors (Lipinski definition) is 1. The molecule has 1 heterocycles. The molecule has 0 bridgehead atoms. The van der Waals surface area contributed by atoms with Crippen LogP contribution in [0.3, 0.4) is 0 Å². The van der Waals surface area contributed by atoms with Gasteiger partial charge in [0.2, 0.25) is 0 Å². The van der Waals surface area contributed by atoms with Crippen molar-refractivity contribution >= 4 is 17.0 Å². The fraction of sp³-hybridized carbons (Fsp3) is 0.200. The molecule has 1 radical (unpaired) electrons. The summed E-state index contributed by atoms with van der Waals surface area (Å²) in [6, 6.07) is 25.2. The van der Waals surface area contributed by atoms with Gasteiger partial charge >= 0.3 is 5.97 Å². The van der Waals surface area contributed by atoms with Crippen molar-refractivity contribution in [3.05, 3.63) is 84.2 Å². The minimum Gasteiger partial charge on any atom is -0.339 e. The van der Waals surface area contributed by atoms with E-state index in [2.05, 4.69) is 103 Å². The van der Waals surface area contributed by atoms with Crippen molar-refractivity contribution in [1.29, 1.82) is 0 Å². The van der Waals surface area contributed by atoms with E-state index in [1.807, 2.05) is 0 Å². The first-order valence-corrected chi connectivity index (χ1v) is 9.64. The zero-order valence-corrected chi connectivity index (χ0v) is 19.9. The maximum Gasteiger partial charge on any atom is 0.477 e. The number of hydrogen-bond acceptors (Lipinski definition) is 0. The fourth-order valence-electron chi connectivity index (χ4n) is 4.22. The monoisotopic (exact) mass is 578 g/mol. The average Bonchev–Trinajstić information content (AvgIpc) is 3.15. The van der Waals surface area contributed by atoms with Crippen LogP contribution in [0.25, 0.3) is 27.8 Å². The Hall–Kier alpha value is -2.75. The summed E-state index contributed by atoms with van der Waals surface area (Å²) in [6.45, 7) is 5.82. The van der Waals surface area contributed by atoms with Crippen LogP contribution in [-0.4, -0.2) is 25.0 Å². The number of carboxylic acid groups (broad SMARTS) is 1. The van der Waals surface area contributed by atoms with Gasteiger partial charge in [-0.3, -0.25) is 0 Å². The van der Waals surface area contributed by atoms with Crippen LogP contribution >= 0.6 is 0 Å². The van der Waals surface area contributed by atoms with E-state index >= 15 is 0 Å². The fourth-order valence-corrected chi connectivity index (χ4v) is 4.22. The molecule has 30 heavy (non-hydrogen) atoms. The van der Waals surface area contributed by atoms with E-state index in [9.17, 15) is 0 Å². The molecule has 0 aliphatic heterocycles. The van der Waals surface area contributed by atoms with Crippen molar-refractivity contribution in [2.75, 3.05) is 0 Å². The maximum absolute atomic E-state index is 7.53. The van der Waals surface area contributed by atoms with Crippen molar-refractivity contribution in [2.24, 2.45) is 7.05 Å². The summed E-state index contributed by atoms with van der Waals surface area (Å²) in [6.07, 6.45) is 2.14. The SMILES string of the molecule is CC(O)=[OH+].Cn1[cH+]n(-c2[c-]cc3c(c2)C(C)(C)c2ccccc2-3)c2ccccc21.[Ir]. The van der Waals surface area contributed by atoms with Crippen LogP contribution in [0.1, 0.15) is 31.9 Å². The van der Waals surface area contributed by atoms with E-state index in [4.69, 9.17) is 9.90 Å². The van der Waals surface area contributed by atoms with E-state index in [-0.39, 0.29) is 25.5 Å². The Labute approximate surface area is 190 Å². The first-order valence-electron chi connectivity index (χ1n) is 9.64. The summed E-state index contributed by atoms with van der Waals surface area (Å²) >= 11 is 0. The van der Waals surface area contributed by atoms with Gasteiger partial charge in [0.1, 0.15) is 0 Å². The third-order valence-electron chi connectivity index (χ3n) is 5.57. The largest absolute Gasteiger partial charge is 0.477 e. The molecule has 0 spiro atoms. The van der Waals surface area contributed by atoms with Gasteiger partial charge in [0.05, 0.1) is 6.92 Å². The summed E-state index contributed by atoms with van der Waals surface area (Å²) in [5.41, 5.74) is 8.96. The molecule has 1 aliphatic rings. The molecule has 0 unspecified atom stereocenters. The van der Waals surface area contributed by atoms with Gasteiger partial charge in [0.15, 0.2) is 17.4 Å². The summed E-state index contributed by atoms with van der Waals surface area (Å²) in [5.74, 6) is -0.583. The van der Waals surface area contributed by atoms with Crippen molar-refractivity contribution in [3.8, 4) is 16.8 Å². The molecule has 0 saturated carbocycles. The number of imidazole rings is 1. The average molecular weight is 578 g/mol. The Kier molecular flexibility index (Phi) is 5.98. The molecule has 155 valence electrons. The van der Waals surface area contributed by atoms with E-state index in [0.29, 0.717) is 0 Å². The van der Waals surface area contributed by atoms with Crippen molar-refractivity contribution in [1.82, 2.24) is 9.13 Å². The smallest absolute Gasteiger partial charge is 0.339 e. The van der Waals surface area contributed by atoms with Gasteiger partial charge in [0, 0.05) is 45.0 Å². The third kappa shape index (κ3) is 3.60. The number of carboxylic acids is 1. The van der Waals surface area contributed by atoms with Gasteiger partial charge in [-0.1, -0.05) is 49.7 Å². The number of rotatable bonds is 1. The van der Waals surface area contributed by atoms with Gasteiger partial charge in [-0.15, -0.1) is 17.2 Å². The number of nitrogens with zero attached hydrogens (tertiary/aromatic N) is 2. The number of fused-ring (bicyclic) bond motifs is 4. The first-order chi connectivity index (χ1) is 13.8. The first kappa shape index (κ1) is 21.9. The van der Waals surface area contributed by atoms with Crippen LogP contribution in [-0.2, 0) is 32.6 Å². The molecule has 0 saturated heterocycles. The summed E-state index contributed by atoms with van der Waals surface area (Å²) in [7, 11) is 2.09. The molecule has 4 aromatic rings. The minimum absolute atomic E-state index is 0. The maximum atomic E-state index is 7.53. The van der Waals surface area contributed by atoms with Crippen LogP contribution in [0.5, 0.6) is 0 Å². The summed E-state index contributed by atoms with van der Waals surface area (Å²) in [4.78, 5) is 7.53. The Balaban J connectivity index is 0.000000473. The predicted molar refractivity (Wildman–Crippen MR) is 118 cm³/mol. The van der Waals surface area contributed by atoms with Crippen LogP contribution < -0.4 is 0 Å². The van der Waals surface area contributed by atoms with Crippen LogP contribution in [0, 0.1) is 6.07 Å². The standard InChI is InChI=1S/C23H20N2.C2H4O2.Ir/c1-23(2)19-9-5-4-8-17(19)18-13-12-16(14-20(18)23)25-15-24(3)21-10-6-7-11-22(21)25;1-2(3)4;/h4-11,13-15H,1-3H3;1H3,(H,3,4);/p+1. The van der Waals surface area contributed by atoms with Crippen molar-refractivity contribution < 1.29 is 30.0 Å². The predicted octanol–water partition coefficient (Wildman–Crippen LogP) is 5.42. The molecule has 3 aromatic carbocycles. The quantitative estimate of drug-likeness (QED) is 0.238. The Morgan fingerprint density at radius 3 is 2.30 bits per heavy atom. The van der Waals surface area contributed by atoms with Gasteiger partial charge in [0.25, 0.3) is 0 Å². The molecule has 4 nitrogen and oxygen atoms in total. The molecule has 0 atom stereocenters. The molecule has 0 fully saturated rings. The Bertz CT molecular complexity index is 1240.